The number of allylic oxidation sites excluding steroid dienone is 1. The van der Waals surface area contributed by atoms with Crippen LogP contribution in [-0.4, -0.2) is 0 Å². The lowest BCUT2D eigenvalue weighted by Crippen LogP contribution is -2.37. The molecule has 0 aromatic heterocycles. The van der Waals surface area contributed by atoms with Crippen LogP contribution in [0.1, 0.15) is 34.1 Å². The van der Waals surface area contributed by atoms with Crippen molar-refractivity contribution in [1.82, 2.24) is 0 Å². The first-order valence-electron chi connectivity index (χ1n) is 4.69. The fourth-order valence-corrected chi connectivity index (χ4v) is 2.11. The summed E-state index contributed by atoms with van der Waals surface area (Å²) in [5.41, 5.74) is 1.36. The summed E-state index contributed by atoms with van der Waals surface area (Å²) in [7, 11) is 0. The van der Waals surface area contributed by atoms with Crippen molar-refractivity contribution in [1.29, 1.82) is 0 Å². The Morgan fingerprint density at radius 2 is 2.00 bits per heavy atom. The van der Waals surface area contributed by atoms with E-state index in [9.17, 15) is 0 Å². The Balaban J connectivity index is 2.45. The maximum atomic E-state index is 4.02. The van der Waals surface area contributed by atoms with E-state index in [0.29, 0.717) is 0 Å². The first-order valence-corrected chi connectivity index (χ1v) is 4.69. The van der Waals surface area contributed by atoms with Gasteiger partial charge in [0.15, 0.2) is 0 Å². The molecule has 0 nitrogen and oxygen atoms in total. The van der Waals surface area contributed by atoms with Crippen LogP contribution < -0.4 is 0 Å². The largest absolute Gasteiger partial charge is 0.0999 e. The van der Waals surface area contributed by atoms with E-state index >= 15 is 0 Å². The molecule has 11 heavy (non-hydrogen) atoms. The van der Waals surface area contributed by atoms with E-state index < -0.39 is 0 Å². The summed E-state index contributed by atoms with van der Waals surface area (Å²) in [5.74, 6) is 3.52. The van der Waals surface area contributed by atoms with Gasteiger partial charge < -0.3 is 0 Å². The molecule has 0 N–H and O–H groups in total. The third-order valence-electron chi connectivity index (χ3n) is 3.64. The molecule has 1 rings (SSSR count). The molecule has 0 bridgehead atoms. The van der Waals surface area contributed by atoms with Crippen LogP contribution in [0.2, 0.25) is 0 Å². The van der Waals surface area contributed by atoms with Gasteiger partial charge in [0, 0.05) is 0 Å². The van der Waals surface area contributed by atoms with Gasteiger partial charge in [0.1, 0.15) is 0 Å². The van der Waals surface area contributed by atoms with Gasteiger partial charge >= 0.3 is 0 Å². The van der Waals surface area contributed by atoms with Crippen molar-refractivity contribution in [2.45, 2.75) is 34.1 Å². The molecule has 0 aromatic rings. The van der Waals surface area contributed by atoms with Crippen LogP contribution in [0.4, 0.5) is 0 Å². The summed E-state index contributed by atoms with van der Waals surface area (Å²) in [6.45, 7) is 13.2. The molecule has 4 atom stereocenters. The molecule has 0 aromatic carbocycles. The van der Waals surface area contributed by atoms with Gasteiger partial charge in [-0.2, -0.15) is 0 Å². The SMILES string of the molecule is C=C(C)C(C)C1CC(C)C1C. The summed E-state index contributed by atoms with van der Waals surface area (Å²) in [5, 5.41) is 0. The van der Waals surface area contributed by atoms with E-state index in [1.54, 1.807) is 0 Å². The minimum atomic E-state index is 0.737. The fourth-order valence-electron chi connectivity index (χ4n) is 2.11. The van der Waals surface area contributed by atoms with Crippen LogP contribution in [0.15, 0.2) is 12.2 Å². The molecule has 1 saturated carbocycles. The topological polar surface area (TPSA) is 0 Å². The Hall–Kier alpha value is -0.260. The van der Waals surface area contributed by atoms with Crippen LogP contribution in [0, 0.1) is 23.7 Å². The standard InChI is InChI=1S/C11H20/c1-7(2)9(4)11-6-8(3)10(11)5/h8-11H,1,6H2,2-5H3. The van der Waals surface area contributed by atoms with Gasteiger partial charge in [0.25, 0.3) is 0 Å². The van der Waals surface area contributed by atoms with Gasteiger partial charge in [-0.15, -0.1) is 0 Å². The third kappa shape index (κ3) is 1.50. The Bertz CT molecular complexity index is 157. The quantitative estimate of drug-likeness (QED) is 0.531. The molecule has 0 radical (unpaired) electrons. The molecular formula is C11H20. The second-order valence-corrected chi connectivity index (χ2v) is 4.37. The van der Waals surface area contributed by atoms with E-state index in [2.05, 4.69) is 34.3 Å². The molecule has 1 aliphatic carbocycles. The fraction of sp³-hybridized carbons (Fsp3) is 0.818. The van der Waals surface area contributed by atoms with Crippen molar-refractivity contribution in [2.24, 2.45) is 23.7 Å². The van der Waals surface area contributed by atoms with Crippen LogP contribution >= 0.6 is 0 Å². The Labute approximate surface area is 70.7 Å². The van der Waals surface area contributed by atoms with E-state index in [0.717, 1.165) is 23.7 Å². The molecule has 0 heterocycles. The van der Waals surface area contributed by atoms with E-state index in [-0.39, 0.29) is 0 Å². The minimum Gasteiger partial charge on any atom is -0.0999 e. The molecule has 0 saturated heterocycles. The number of hydrogen-bond donors (Lipinski definition) is 0. The average Bonchev–Trinajstić information content (AvgIpc) is 1.98. The highest BCUT2D eigenvalue weighted by Crippen LogP contribution is 2.45. The Kier molecular flexibility index (Phi) is 2.41. The van der Waals surface area contributed by atoms with Gasteiger partial charge in [0.05, 0.1) is 0 Å². The van der Waals surface area contributed by atoms with Gasteiger partial charge in [-0.05, 0) is 37.0 Å². The zero-order valence-corrected chi connectivity index (χ0v) is 8.22. The normalized spacial score (nSPS) is 39.5. The Morgan fingerprint density at radius 3 is 2.27 bits per heavy atom. The predicted octanol–water partition coefficient (Wildman–Crippen LogP) is 3.49. The molecule has 64 valence electrons. The van der Waals surface area contributed by atoms with Crippen LogP contribution in [-0.2, 0) is 0 Å². The summed E-state index contributed by atoms with van der Waals surface area (Å²) in [6.07, 6.45) is 1.41. The van der Waals surface area contributed by atoms with Crippen molar-refractivity contribution in [2.75, 3.05) is 0 Å². The first kappa shape index (κ1) is 8.83. The number of hydrogen-bond acceptors (Lipinski definition) is 0. The molecule has 1 fully saturated rings. The van der Waals surface area contributed by atoms with Gasteiger partial charge in [0.2, 0.25) is 0 Å². The summed E-state index contributed by atoms with van der Waals surface area (Å²) in [6, 6.07) is 0. The third-order valence-corrected chi connectivity index (χ3v) is 3.64. The molecule has 0 aliphatic heterocycles. The summed E-state index contributed by atoms with van der Waals surface area (Å²) < 4.78 is 0. The Morgan fingerprint density at radius 1 is 1.45 bits per heavy atom. The number of rotatable bonds is 2. The molecular weight excluding hydrogens is 132 g/mol. The lowest BCUT2D eigenvalue weighted by Gasteiger charge is -2.44. The molecule has 4 unspecified atom stereocenters. The van der Waals surface area contributed by atoms with Crippen LogP contribution in [0.5, 0.6) is 0 Å². The van der Waals surface area contributed by atoms with Gasteiger partial charge in [-0.1, -0.05) is 32.9 Å². The highest BCUT2D eigenvalue weighted by Gasteiger charge is 2.37. The zero-order chi connectivity index (χ0) is 8.59. The molecule has 0 amide bonds. The highest BCUT2D eigenvalue weighted by molar-refractivity contribution is 5.01. The van der Waals surface area contributed by atoms with Crippen molar-refractivity contribution in [3.8, 4) is 0 Å². The lowest BCUT2D eigenvalue weighted by molar-refractivity contribution is 0.0685. The smallest absolute Gasteiger partial charge is 0.0206 e. The highest BCUT2D eigenvalue weighted by atomic mass is 14.4. The first-order chi connectivity index (χ1) is 5.04. The summed E-state index contributed by atoms with van der Waals surface area (Å²) >= 11 is 0. The molecule has 0 heteroatoms. The molecule has 1 aliphatic rings. The van der Waals surface area contributed by atoms with E-state index in [1.165, 1.54) is 12.0 Å². The van der Waals surface area contributed by atoms with E-state index in [4.69, 9.17) is 0 Å². The average molecular weight is 152 g/mol. The molecule has 0 spiro atoms. The van der Waals surface area contributed by atoms with Crippen molar-refractivity contribution >= 4 is 0 Å². The minimum absolute atomic E-state index is 0.737. The lowest BCUT2D eigenvalue weighted by atomic mass is 9.61. The van der Waals surface area contributed by atoms with Crippen molar-refractivity contribution < 1.29 is 0 Å². The monoisotopic (exact) mass is 152 g/mol. The second-order valence-electron chi connectivity index (χ2n) is 4.37. The van der Waals surface area contributed by atoms with Crippen molar-refractivity contribution in [3.05, 3.63) is 12.2 Å². The van der Waals surface area contributed by atoms with Crippen LogP contribution in [0.25, 0.3) is 0 Å². The summed E-state index contributed by atoms with van der Waals surface area (Å²) in [4.78, 5) is 0. The van der Waals surface area contributed by atoms with Gasteiger partial charge in [-0.25, -0.2) is 0 Å². The second kappa shape index (κ2) is 3.00. The van der Waals surface area contributed by atoms with E-state index in [1.807, 2.05) is 0 Å². The zero-order valence-electron chi connectivity index (χ0n) is 8.22. The van der Waals surface area contributed by atoms with Crippen LogP contribution in [0.3, 0.4) is 0 Å². The van der Waals surface area contributed by atoms with Crippen molar-refractivity contribution in [3.63, 3.8) is 0 Å². The maximum absolute atomic E-state index is 4.02. The van der Waals surface area contributed by atoms with Gasteiger partial charge in [-0.3, -0.25) is 0 Å². The maximum Gasteiger partial charge on any atom is -0.0206 e. The predicted molar refractivity (Wildman–Crippen MR) is 50.4 cm³/mol.